The van der Waals surface area contributed by atoms with Crippen molar-refractivity contribution in [3.8, 4) is 17.4 Å². The second kappa shape index (κ2) is 6.83. The minimum atomic E-state index is 0.0314. The molecule has 1 aromatic carbocycles. The Balaban J connectivity index is 2.25. The second-order valence-corrected chi connectivity index (χ2v) is 4.53. The number of hydrogen-bond donors (Lipinski definition) is 1. The average Bonchev–Trinajstić information content (AvgIpc) is 2.54. The van der Waals surface area contributed by atoms with Crippen molar-refractivity contribution in [3.63, 3.8) is 0 Å². The Morgan fingerprint density at radius 3 is 2.52 bits per heavy atom. The predicted octanol–water partition coefficient (Wildman–Crippen LogP) is 3.28. The maximum atomic E-state index is 5.44. The smallest absolute Gasteiger partial charge is 0.237 e. The summed E-state index contributed by atoms with van der Waals surface area (Å²) in [5.74, 6) is 2.11. The highest BCUT2D eigenvalue weighted by atomic mass is 16.5. The zero-order valence-electron chi connectivity index (χ0n) is 12.7. The van der Waals surface area contributed by atoms with Crippen LogP contribution in [0.3, 0.4) is 0 Å². The molecule has 2 rings (SSSR count). The van der Waals surface area contributed by atoms with Crippen LogP contribution in [0.15, 0.2) is 36.5 Å². The fourth-order valence-electron chi connectivity index (χ4n) is 2.15. The molecule has 0 fully saturated rings. The van der Waals surface area contributed by atoms with Crippen molar-refractivity contribution in [3.05, 3.63) is 42.1 Å². The van der Waals surface area contributed by atoms with Gasteiger partial charge in [0.25, 0.3) is 0 Å². The molecule has 21 heavy (non-hydrogen) atoms. The quantitative estimate of drug-likeness (QED) is 0.884. The second-order valence-electron chi connectivity index (χ2n) is 4.53. The third-order valence-corrected chi connectivity index (χ3v) is 3.24. The normalized spacial score (nSPS) is 11.6. The Hall–Kier alpha value is -2.43. The van der Waals surface area contributed by atoms with E-state index in [1.807, 2.05) is 30.3 Å². The fourth-order valence-corrected chi connectivity index (χ4v) is 2.15. The standard InChI is InChI=1S/C16H20N2O3/c1-11(18-14-6-5-9-17-16(14)21-4)13-8-7-12(19-2)10-15(13)20-3/h5-11,18H,1-4H3. The number of hydrogen-bond acceptors (Lipinski definition) is 5. The van der Waals surface area contributed by atoms with E-state index in [-0.39, 0.29) is 6.04 Å². The van der Waals surface area contributed by atoms with E-state index < -0.39 is 0 Å². The largest absolute Gasteiger partial charge is 0.497 e. The van der Waals surface area contributed by atoms with Gasteiger partial charge in [-0.1, -0.05) is 0 Å². The molecule has 1 aromatic heterocycles. The molecule has 1 unspecified atom stereocenters. The molecule has 0 bridgehead atoms. The zero-order chi connectivity index (χ0) is 15.2. The van der Waals surface area contributed by atoms with Gasteiger partial charge in [0.1, 0.15) is 11.5 Å². The molecule has 1 N–H and O–H groups in total. The summed E-state index contributed by atoms with van der Waals surface area (Å²) in [5.41, 5.74) is 1.87. The SMILES string of the molecule is COc1ccc(C(C)Nc2cccnc2OC)c(OC)c1. The molecule has 0 saturated heterocycles. The van der Waals surface area contributed by atoms with Crippen LogP contribution < -0.4 is 19.5 Å². The summed E-state index contributed by atoms with van der Waals surface area (Å²) >= 11 is 0. The van der Waals surface area contributed by atoms with Crippen molar-refractivity contribution >= 4 is 5.69 Å². The summed E-state index contributed by atoms with van der Waals surface area (Å²) in [7, 11) is 4.89. The number of aromatic nitrogens is 1. The average molecular weight is 288 g/mol. The van der Waals surface area contributed by atoms with E-state index in [2.05, 4.69) is 17.2 Å². The Morgan fingerprint density at radius 1 is 1.05 bits per heavy atom. The summed E-state index contributed by atoms with van der Waals surface area (Å²) < 4.78 is 15.9. The zero-order valence-corrected chi connectivity index (χ0v) is 12.7. The van der Waals surface area contributed by atoms with Gasteiger partial charge in [0.2, 0.25) is 5.88 Å². The Labute approximate surface area is 124 Å². The van der Waals surface area contributed by atoms with Crippen LogP contribution in [0.25, 0.3) is 0 Å². The number of rotatable bonds is 6. The van der Waals surface area contributed by atoms with Crippen LogP contribution in [0.5, 0.6) is 17.4 Å². The van der Waals surface area contributed by atoms with E-state index >= 15 is 0 Å². The van der Waals surface area contributed by atoms with Gasteiger partial charge in [0, 0.05) is 17.8 Å². The lowest BCUT2D eigenvalue weighted by Gasteiger charge is -2.19. The van der Waals surface area contributed by atoms with Gasteiger partial charge in [-0.05, 0) is 31.2 Å². The van der Waals surface area contributed by atoms with E-state index in [1.165, 1.54) is 0 Å². The van der Waals surface area contributed by atoms with Crippen molar-refractivity contribution in [2.75, 3.05) is 26.6 Å². The number of nitrogens with one attached hydrogen (secondary N) is 1. The number of nitrogens with zero attached hydrogens (tertiary/aromatic N) is 1. The van der Waals surface area contributed by atoms with Crippen LogP contribution in [-0.4, -0.2) is 26.3 Å². The number of pyridine rings is 1. The minimum absolute atomic E-state index is 0.0314. The molecule has 5 nitrogen and oxygen atoms in total. The van der Waals surface area contributed by atoms with Crippen molar-refractivity contribution in [2.24, 2.45) is 0 Å². The summed E-state index contributed by atoms with van der Waals surface area (Å²) in [6.45, 7) is 2.05. The van der Waals surface area contributed by atoms with Crippen LogP contribution in [0.2, 0.25) is 0 Å². The van der Waals surface area contributed by atoms with Gasteiger partial charge < -0.3 is 19.5 Å². The van der Waals surface area contributed by atoms with Crippen LogP contribution >= 0.6 is 0 Å². The van der Waals surface area contributed by atoms with Gasteiger partial charge in [-0.2, -0.15) is 0 Å². The van der Waals surface area contributed by atoms with Gasteiger partial charge in [-0.3, -0.25) is 0 Å². The number of methoxy groups -OCH3 is 3. The van der Waals surface area contributed by atoms with Gasteiger partial charge in [-0.25, -0.2) is 4.98 Å². The van der Waals surface area contributed by atoms with Gasteiger partial charge >= 0.3 is 0 Å². The Morgan fingerprint density at radius 2 is 1.86 bits per heavy atom. The number of benzene rings is 1. The highest BCUT2D eigenvalue weighted by Crippen LogP contribution is 2.32. The van der Waals surface area contributed by atoms with Gasteiger partial charge in [0.15, 0.2) is 0 Å². The molecule has 1 heterocycles. The van der Waals surface area contributed by atoms with E-state index in [0.29, 0.717) is 5.88 Å². The van der Waals surface area contributed by atoms with Crippen LogP contribution in [0, 0.1) is 0 Å². The molecule has 2 aromatic rings. The predicted molar refractivity (Wildman–Crippen MR) is 82.4 cm³/mol. The molecule has 0 amide bonds. The molecule has 0 aliphatic heterocycles. The highest BCUT2D eigenvalue weighted by molar-refractivity contribution is 5.55. The molecule has 5 heteroatoms. The van der Waals surface area contributed by atoms with Crippen LogP contribution in [-0.2, 0) is 0 Å². The first-order valence-electron chi connectivity index (χ1n) is 6.67. The molecule has 112 valence electrons. The highest BCUT2D eigenvalue weighted by Gasteiger charge is 2.14. The van der Waals surface area contributed by atoms with Crippen LogP contribution in [0.4, 0.5) is 5.69 Å². The lowest BCUT2D eigenvalue weighted by molar-refractivity contribution is 0.389. The van der Waals surface area contributed by atoms with Crippen molar-refractivity contribution in [1.29, 1.82) is 0 Å². The Bertz CT molecular complexity index is 602. The van der Waals surface area contributed by atoms with Crippen molar-refractivity contribution < 1.29 is 14.2 Å². The van der Waals surface area contributed by atoms with E-state index in [0.717, 1.165) is 22.7 Å². The molecule has 0 aliphatic carbocycles. The van der Waals surface area contributed by atoms with E-state index in [1.54, 1.807) is 27.5 Å². The summed E-state index contributed by atoms with van der Waals surface area (Å²) in [5, 5.41) is 3.38. The molecule has 1 atom stereocenters. The summed E-state index contributed by atoms with van der Waals surface area (Å²) in [4.78, 5) is 4.18. The monoisotopic (exact) mass is 288 g/mol. The topological polar surface area (TPSA) is 52.6 Å². The molecule has 0 radical (unpaired) electrons. The van der Waals surface area contributed by atoms with Crippen molar-refractivity contribution in [2.45, 2.75) is 13.0 Å². The summed E-state index contributed by atoms with van der Waals surface area (Å²) in [6.07, 6.45) is 1.70. The Kier molecular flexibility index (Phi) is 4.87. The lowest BCUT2D eigenvalue weighted by Crippen LogP contribution is -2.09. The third kappa shape index (κ3) is 3.37. The molecule has 0 saturated carbocycles. The molecule has 0 spiro atoms. The first-order chi connectivity index (χ1) is 10.2. The first kappa shape index (κ1) is 15.0. The van der Waals surface area contributed by atoms with E-state index in [9.17, 15) is 0 Å². The number of ether oxygens (including phenoxy) is 3. The third-order valence-electron chi connectivity index (χ3n) is 3.24. The first-order valence-corrected chi connectivity index (χ1v) is 6.67. The maximum Gasteiger partial charge on any atom is 0.237 e. The maximum absolute atomic E-state index is 5.44. The van der Waals surface area contributed by atoms with Gasteiger partial charge in [0.05, 0.1) is 33.1 Å². The minimum Gasteiger partial charge on any atom is -0.497 e. The molecular weight excluding hydrogens is 268 g/mol. The fraction of sp³-hybridized carbons (Fsp3) is 0.312. The molecular formula is C16H20N2O3. The molecule has 0 aliphatic rings. The van der Waals surface area contributed by atoms with E-state index in [4.69, 9.17) is 14.2 Å². The van der Waals surface area contributed by atoms with Gasteiger partial charge in [-0.15, -0.1) is 0 Å². The summed E-state index contributed by atoms with van der Waals surface area (Å²) in [6, 6.07) is 9.59. The van der Waals surface area contributed by atoms with Crippen LogP contribution in [0.1, 0.15) is 18.5 Å². The van der Waals surface area contributed by atoms with Crippen molar-refractivity contribution in [1.82, 2.24) is 4.98 Å². The number of anilines is 1. The lowest BCUT2D eigenvalue weighted by atomic mass is 10.1.